The van der Waals surface area contributed by atoms with Crippen LogP contribution in [0.4, 0.5) is 5.82 Å². The van der Waals surface area contributed by atoms with Crippen molar-refractivity contribution in [1.29, 1.82) is 0 Å². The number of hydrogen-bond donors (Lipinski definition) is 1. The van der Waals surface area contributed by atoms with Crippen LogP contribution < -0.4 is 10.2 Å². The third kappa shape index (κ3) is 7.03. The Bertz CT molecular complexity index is 803. The zero-order chi connectivity index (χ0) is 21.4. The van der Waals surface area contributed by atoms with E-state index in [0.29, 0.717) is 23.9 Å². The molecular weight excluding hydrogens is 380 g/mol. The summed E-state index contributed by atoms with van der Waals surface area (Å²) in [5, 5.41) is 3.76. The molecule has 158 valence electrons. The minimum Gasteiger partial charge on any atom is -0.357 e. The second kappa shape index (κ2) is 11.2. The van der Waals surface area contributed by atoms with Crippen LogP contribution in [-0.2, 0) is 5.75 Å². The minimum absolute atomic E-state index is 0.0209. The van der Waals surface area contributed by atoms with E-state index in [1.165, 1.54) is 0 Å². The van der Waals surface area contributed by atoms with E-state index in [1.807, 2.05) is 24.3 Å². The van der Waals surface area contributed by atoms with Crippen molar-refractivity contribution < 1.29 is 4.79 Å². The lowest BCUT2D eigenvalue weighted by Gasteiger charge is -2.21. The zero-order valence-electron chi connectivity index (χ0n) is 18.5. The summed E-state index contributed by atoms with van der Waals surface area (Å²) in [5.41, 5.74) is 2.85. The third-order valence-corrected chi connectivity index (χ3v) is 5.54. The van der Waals surface area contributed by atoms with Gasteiger partial charge in [-0.2, -0.15) is 0 Å². The van der Waals surface area contributed by atoms with E-state index < -0.39 is 0 Å². The fraction of sp³-hybridized carbons (Fsp3) is 0.522. The molecule has 0 aliphatic carbocycles. The normalized spacial score (nSPS) is 11.2. The molecule has 0 unspecified atom stereocenters. The van der Waals surface area contributed by atoms with Gasteiger partial charge in [0, 0.05) is 42.7 Å². The van der Waals surface area contributed by atoms with Gasteiger partial charge >= 0.3 is 0 Å². The molecule has 1 aromatic heterocycles. The molecule has 0 aliphatic heterocycles. The van der Waals surface area contributed by atoms with Crippen molar-refractivity contribution in [3.05, 3.63) is 47.2 Å². The molecule has 1 heterocycles. The van der Waals surface area contributed by atoms with E-state index in [0.717, 1.165) is 41.1 Å². The fourth-order valence-corrected chi connectivity index (χ4v) is 3.65. The monoisotopic (exact) mass is 414 g/mol. The van der Waals surface area contributed by atoms with Crippen LogP contribution in [0.5, 0.6) is 0 Å². The Hall–Kier alpha value is -2.08. The van der Waals surface area contributed by atoms with Gasteiger partial charge in [-0.05, 0) is 43.4 Å². The topological polar surface area (TPSA) is 58.1 Å². The maximum Gasteiger partial charge on any atom is 0.251 e. The Morgan fingerprint density at radius 3 is 2.45 bits per heavy atom. The SMILES string of the molecule is CCN(CC)c1cc(C(C)C)nc(SCc2cccc(C(=O)NCC(C)C)c2)n1. The number of amides is 1. The first-order chi connectivity index (χ1) is 13.8. The highest BCUT2D eigenvalue weighted by molar-refractivity contribution is 7.98. The van der Waals surface area contributed by atoms with Gasteiger partial charge in [-0.3, -0.25) is 4.79 Å². The summed E-state index contributed by atoms with van der Waals surface area (Å²) < 4.78 is 0. The highest BCUT2D eigenvalue weighted by atomic mass is 32.2. The lowest BCUT2D eigenvalue weighted by Crippen LogP contribution is -2.27. The zero-order valence-corrected chi connectivity index (χ0v) is 19.3. The molecule has 2 rings (SSSR count). The first-order valence-electron chi connectivity index (χ1n) is 10.5. The Morgan fingerprint density at radius 2 is 1.83 bits per heavy atom. The maximum atomic E-state index is 12.3. The molecule has 0 bridgehead atoms. The molecule has 1 aromatic carbocycles. The first kappa shape index (κ1) is 23.2. The van der Waals surface area contributed by atoms with Crippen molar-refractivity contribution in [3.63, 3.8) is 0 Å². The highest BCUT2D eigenvalue weighted by Crippen LogP contribution is 2.26. The van der Waals surface area contributed by atoms with Crippen LogP contribution in [0.3, 0.4) is 0 Å². The Labute approximate surface area is 179 Å². The van der Waals surface area contributed by atoms with Crippen LogP contribution in [0.2, 0.25) is 0 Å². The summed E-state index contributed by atoms with van der Waals surface area (Å²) in [6.07, 6.45) is 0. The number of carbonyl (C=O) groups excluding carboxylic acids is 1. The lowest BCUT2D eigenvalue weighted by molar-refractivity contribution is 0.0949. The van der Waals surface area contributed by atoms with Gasteiger partial charge in [0.05, 0.1) is 0 Å². The van der Waals surface area contributed by atoms with Crippen LogP contribution in [0.25, 0.3) is 0 Å². The van der Waals surface area contributed by atoms with Crippen molar-refractivity contribution in [2.45, 2.75) is 58.4 Å². The van der Waals surface area contributed by atoms with Gasteiger partial charge < -0.3 is 10.2 Å². The van der Waals surface area contributed by atoms with E-state index >= 15 is 0 Å². The lowest BCUT2D eigenvalue weighted by atomic mass is 10.1. The smallest absolute Gasteiger partial charge is 0.251 e. The molecule has 0 radical (unpaired) electrons. The molecule has 0 saturated carbocycles. The third-order valence-electron chi connectivity index (χ3n) is 4.62. The summed E-state index contributed by atoms with van der Waals surface area (Å²) in [4.78, 5) is 24.1. The van der Waals surface area contributed by atoms with Crippen LogP contribution in [-0.4, -0.2) is 35.5 Å². The van der Waals surface area contributed by atoms with Gasteiger partial charge in [-0.15, -0.1) is 0 Å². The average Bonchev–Trinajstić information content (AvgIpc) is 2.71. The van der Waals surface area contributed by atoms with Gasteiger partial charge in [-0.25, -0.2) is 9.97 Å². The number of aromatic nitrogens is 2. The Balaban J connectivity index is 2.14. The second-order valence-corrected chi connectivity index (χ2v) is 8.80. The fourth-order valence-electron chi connectivity index (χ4n) is 2.85. The second-order valence-electron chi connectivity index (χ2n) is 7.85. The van der Waals surface area contributed by atoms with E-state index in [9.17, 15) is 4.79 Å². The highest BCUT2D eigenvalue weighted by Gasteiger charge is 2.13. The minimum atomic E-state index is -0.0209. The maximum absolute atomic E-state index is 12.3. The largest absolute Gasteiger partial charge is 0.357 e. The number of rotatable bonds is 10. The Kier molecular flexibility index (Phi) is 8.96. The number of hydrogen-bond acceptors (Lipinski definition) is 5. The number of thioether (sulfide) groups is 1. The number of anilines is 1. The number of carbonyl (C=O) groups is 1. The summed E-state index contributed by atoms with van der Waals surface area (Å²) in [7, 11) is 0. The van der Waals surface area contributed by atoms with Gasteiger partial charge in [0.25, 0.3) is 5.91 Å². The standard InChI is InChI=1S/C23H34N4OS/c1-7-27(8-2)21-13-20(17(5)6)25-23(26-21)29-15-18-10-9-11-19(12-18)22(28)24-14-16(3)4/h9-13,16-17H,7-8,14-15H2,1-6H3,(H,24,28). The molecular formula is C23H34N4OS. The molecule has 1 amide bonds. The van der Waals surface area contributed by atoms with E-state index in [-0.39, 0.29) is 5.91 Å². The van der Waals surface area contributed by atoms with Crippen molar-refractivity contribution in [2.75, 3.05) is 24.5 Å². The summed E-state index contributed by atoms with van der Waals surface area (Å²) >= 11 is 1.62. The van der Waals surface area contributed by atoms with E-state index in [1.54, 1.807) is 11.8 Å². The molecule has 0 atom stereocenters. The molecule has 5 nitrogen and oxygen atoms in total. The average molecular weight is 415 g/mol. The van der Waals surface area contributed by atoms with Gasteiger partial charge in [0.1, 0.15) is 5.82 Å². The van der Waals surface area contributed by atoms with E-state index in [2.05, 4.69) is 57.8 Å². The van der Waals surface area contributed by atoms with Gasteiger partial charge in [0.2, 0.25) is 0 Å². The molecule has 0 fully saturated rings. The number of nitrogens with zero attached hydrogens (tertiary/aromatic N) is 3. The summed E-state index contributed by atoms with van der Waals surface area (Å²) in [5.74, 6) is 2.47. The molecule has 0 spiro atoms. The van der Waals surface area contributed by atoms with Crippen molar-refractivity contribution in [3.8, 4) is 0 Å². The molecule has 1 N–H and O–H groups in total. The van der Waals surface area contributed by atoms with Crippen molar-refractivity contribution in [2.24, 2.45) is 5.92 Å². The van der Waals surface area contributed by atoms with Gasteiger partial charge in [0.15, 0.2) is 5.16 Å². The first-order valence-corrected chi connectivity index (χ1v) is 11.5. The molecule has 0 aliphatic rings. The number of nitrogens with one attached hydrogen (secondary N) is 1. The molecule has 2 aromatic rings. The molecule has 29 heavy (non-hydrogen) atoms. The summed E-state index contributed by atoms with van der Waals surface area (Å²) in [6.45, 7) is 15.3. The van der Waals surface area contributed by atoms with Crippen LogP contribution in [0, 0.1) is 5.92 Å². The van der Waals surface area contributed by atoms with Crippen molar-refractivity contribution in [1.82, 2.24) is 15.3 Å². The summed E-state index contributed by atoms with van der Waals surface area (Å²) in [6, 6.07) is 9.90. The predicted molar refractivity (Wildman–Crippen MR) is 123 cm³/mol. The van der Waals surface area contributed by atoms with Crippen LogP contribution in [0.15, 0.2) is 35.5 Å². The van der Waals surface area contributed by atoms with Gasteiger partial charge in [-0.1, -0.05) is 51.6 Å². The Morgan fingerprint density at radius 1 is 1.10 bits per heavy atom. The van der Waals surface area contributed by atoms with Crippen molar-refractivity contribution >= 4 is 23.5 Å². The molecule has 6 heteroatoms. The number of benzene rings is 1. The molecule has 0 saturated heterocycles. The van der Waals surface area contributed by atoms with E-state index in [4.69, 9.17) is 9.97 Å². The predicted octanol–water partition coefficient (Wildman–Crippen LogP) is 5.12. The quantitative estimate of drug-likeness (QED) is 0.432. The van der Waals surface area contributed by atoms with Crippen LogP contribution in [0.1, 0.15) is 69.1 Å². The van der Waals surface area contributed by atoms with Crippen LogP contribution >= 0.6 is 11.8 Å².